The second kappa shape index (κ2) is 6.97. The normalized spacial score (nSPS) is 12.0. The summed E-state index contributed by atoms with van der Waals surface area (Å²) in [4.78, 5) is 19.3. The number of aromatic nitrogens is 2. The predicted molar refractivity (Wildman–Crippen MR) is 81.6 cm³/mol. The minimum absolute atomic E-state index is 0.0773. The summed E-state index contributed by atoms with van der Waals surface area (Å²) in [6.07, 6.45) is 7.31. The highest BCUT2D eigenvalue weighted by Gasteiger charge is 2.19. The van der Waals surface area contributed by atoms with Gasteiger partial charge in [0.05, 0.1) is 12.8 Å². The number of nitrogens with zero attached hydrogens (tertiary/aromatic N) is 2. The lowest BCUT2D eigenvalue weighted by atomic mass is 9.86. The van der Waals surface area contributed by atoms with Gasteiger partial charge in [-0.15, -0.1) is 0 Å². The number of ether oxygens (including phenoxy) is 1. The van der Waals surface area contributed by atoms with Gasteiger partial charge in [0.15, 0.2) is 0 Å². The average Bonchev–Trinajstić information content (AvgIpc) is 2.52. The molecule has 2 rings (SSSR count). The Bertz CT molecular complexity index is 612. The Morgan fingerprint density at radius 1 is 1.24 bits per heavy atom. The summed E-state index contributed by atoms with van der Waals surface area (Å²) in [5.41, 5.74) is 4.37. The zero-order chi connectivity index (χ0) is 15.2. The first-order valence-corrected chi connectivity index (χ1v) is 7.02. The monoisotopic (exact) mass is 284 g/mol. The molecule has 2 aromatic rings. The third kappa shape index (κ3) is 3.27. The van der Waals surface area contributed by atoms with Crippen LogP contribution in [-0.2, 0) is 4.79 Å². The van der Waals surface area contributed by atoms with Crippen molar-refractivity contribution in [3.63, 3.8) is 0 Å². The van der Waals surface area contributed by atoms with Gasteiger partial charge in [-0.3, -0.25) is 9.97 Å². The quantitative estimate of drug-likeness (QED) is 0.764. The molecule has 0 amide bonds. The number of methoxy groups -OCH3 is 1. The lowest BCUT2D eigenvalue weighted by Gasteiger charge is -2.20. The van der Waals surface area contributed by atoms with Crippen LogP contribution in [0.2, 0.25) is 0 Å². The van der Waals surface area contributed by atoms with Crippen LogP contribution in [0.15, 0.2) is 30.7 Å². The molecular formula is C17H20N2O2. The second-order valence-electron chi connectivity index (χ2n) is 5.03. The molecule has 0 radical (unpaired) electrons. The standard InChI is InChI=1S/C17H20N2O2/c1-12-13(2)17(21-3)7-6-14(12)15(5-4-10-20)16-11-18-8-9-19-16/h6-11,15H,4-5H2,1-3H3. The molecule has 0 aliphatic heterocycles. The maximum Gasteiger partial charge on any atom is 0.122 e. The van der Waals surface area contributed by atoms with Gasteiger partial charge in [0, 0.05) is 30.9 Å². The van der Waals surface area contributed by atoms with Crippen molar-refractivity contribution in [1.82, 2.24) is 9.97 Å². The van der Waals surface area contributed by atoms with Crippen LogP contribution in [0.1, 0.15) is 41.1 Å². The van der Waals surface area contributed by atoms with Crippen molar-refractivity contribution in [3.8, 4) is 5.75 Å². The molecule has 0 aliphatic rings. The summed E-state index contributed by atoms with van der Waals surface area (Å²) >= 11 is 0. The minimum Gasteiger partial charge on any atom is -0.496 e. The van der Waals surface area contributed by atoms with E-state index in [-0.39, 0.29) is 5.92 Å². The summed E-state index contributed by atoms with van der Waals surface area (Å²) in [5, 5.41) is 0. The molecule has 1 heterocycles. The van der Waals surface area contributed by atoms with Gasteiger partial charge >= 0.3 is 0 Å². The molecule has 1 aromatic carbocycles. The fourth-order valence-electron chi connectivity index (χ4n) is 2.60. The van der Waals surface area contributed by atoms with Gasteiger partial charge in [-0.05, 0) is 43.0 Å². The van der Waals surface area contributed by atoms with E-state index in [0.717, 1.165) is 29.7 Å². The molecule has 0 bridgehead atoms. The molecule has 0 aliphatic carbocycles. The van der Waals surface area contributed by atoms with Crippen LogP contribution < -0.4 is 4.74 Å². The summed E-state index contributed by atoms with van der Waals surface area (Å²) in [6, 6.07) is 4.03. The van der Waals surface area contributed by atoms with E-state index in [1.807, 2.05) is 13.0 Å². The van der Waals surface area contributed by atoms with E-state index in [1.54, 1.807) is 25.7 Å². The van der Waals surface area contributed by atoms with E-state index in [2.05, 4.69) is 23.0 Å². The Labute approximate surface area is 125 Å². The van der Waals surface area contributed by atoms with Crippen LogP contribution in [-0.4, -0.2) is 23.4 Å². The van der Waals surface area contributed by atoms with E-state index >= 15 is 0 Å². The molecular weight excluding hydrogens is 264 g/mol. The van der Waals surface area contributed by atoms with Crippen LogP contribution in [0.4, 0.5) is 0 Å². The van der Waals surface area contributed by atoms with Gasteiger partial charge in [-0.25, -0.2) is 0 Å². The average molecular weight is 284 g/mol. The number of aldehydes is 1. The maximum atomic E-state index is 10.8. The Hall–Kier alpha value is -2.23. The topological polar surface area (TPSA) is 52.1 Å². The number of carbonyl (C=O) groups is 1. The van der Waals surface area contributed by atoms with Crippen LogP contribution in [0.5, 0.6) is 5.75 Å². The number of carbonyl (C=O) groups excluding carboxylic acids is 1. The van der Waals surface area contributed by atoms with Crippen molar-refractivity contribution < 1.29 is 9.53 Å². The third-order valence-corrected chi connectivity index (χ3v) is 3.89. The van der Waals surface area contributed by atoms with Crippen LogP contribution in [0, 0.1) is 13.8 Å². The van der Waals surface area contributed by atoms with E-state index in [1.165, 1.54) is 11.1 Å². The largest absolute Gasteiger partial charge is 0.496 e. The Morgan fingerprint density at radius 2 is 2.05 bits per heavy atom. The molecule has 0 N–H and O–H groups in total. The Morgan fingerprint density at radius 3 is 2.67 bits per heavy atom. The fourth-order valence-corrected chi connectivity index (χ4v) is 2.60. The Kier molecular flexibility index (Phi) is 5.04. The molecule has 110 valence electrons. The summed E-state index contributed by atoms with van der Waals surface area (Å²) < 4.78 is 5.36. The summed E-state index contributed by atoms with van der Waals surface area (Å²) in [6.45, 7) is 4.13. The molecule has 1 atom stereocenters. The lowest BCUT2D eigenvalue weighted by molar-refractivity contribution is -0.107. The fraction of sp³-hybridized carbons (Fsp3) is 0.353. The van der Waals surface area contributed by atoms with Gasteiger partial charge in [-0.1, -0.05) is 6.07 Å². The van der Waals surface area contributed by atoms with Crippen molar-refractivity contribution in [3.05, 3.63) is 53.1 Å². The predicted octanol–water partition coefficient (Wildman–Crippen LogP) is 3.21. The molecule has 0 spiro atoms. The van der Waals surface area contributed by atoms with Crippen molar-refractivity contribution in [2.45, 2.75) is 32.6 Å². The highest BCUT2D eigenvalue weighted by Crippen LogP contribution is 2.34. The molecule has 4 nitrogen and oxygen atoms in total. The first-order valence-electron chi connectivity index (χ1n) is 7.02. The van der Waals surface area contributed by atoms with Gasteiger partial charge in [0.1, 0.15) is 12.0 Å². The van der Waals surface area contributed by atoms with Gasteiger partial charge < -0.3 is 9.53 Å². The molecule has 0 fully saturated rings. The molecule has 1 aromatic heterocycles. The third-order valence-electron chi connectivity index (χ3n) is 3.89. The van der Waals surface area contributed by atoms with E-state index in [0.29, 0.717) is 6.42 Å². The van der Waals surface area contributed by atoms with Crippen LogP contribution in [0.25, 0.3) is 0 Å². The molecule has 0 saturated heterocycles. The van der Waals surface area contributed by atoms with Crippen molar-refractivity contribution in [2.75, 3.05) is 7.11 Å². The minimum atomic E-state index is 0.0773. The number of hydrogen-bond acceptors (Lipinski definition) is 4. The zero-order valence-corrected chi connectivity index (χ0v) is 12.7. The van der Waals surface area contributed by atoms with Crippen molar-refractivity contribution >= 4 is 6.29 Å². The molecule has 1 unspecified atom stereocenters. The van der Waals surface area contributed by atoms with Crippen LogP contribution in [0.3, 0.4) is 0 Å². The number of rotatable bonds is 6. The van der Waals surface area contributed by atoms with E-state index < -0.39 is 0 Å². The van der Waals surface area contributed by atoms with Gasteiger partial charge in [0.2, 0.25) is 0 Å². The SMILES string of the molecule is COc1ccc(C(CCC=O)c2cnccn2)c(C)c1C. The van der Waals surface area contributed by atoms with Gasteiger partial charge in [0.25, 0.3) is 0 Å². The highest BCUT2D eigenvalue weighted by atomic mass is 16.5. The Balaban J connectivity index is 2.46. The number of benzene rings is 1. The smallest absolute Gasteiger partial charge is 0.122 e. The van der Waals surface area contributed by atoms with Gasteiger partial charge in [-0.2, -0.15) is 0 Å². The van der Waals surface area contributed by atoms with E-state index in [4.69, 9.17) is 4.74 Å². The van der Waals surface area contributed by atoms with Crippen molar-refractivity contribution in [1.29, 1.82) is 0 Å². The van der Waals surface area contributed by atoms with Crippen LogP contribution >= 0.6 is 0 Å². The second-order valence-corrected chi connectivity index (χ2v) is 5.03. The summed E-state index contributed by atoms with van der Waals surface area (Å²) in [5.74, 6) is 0.957. The lowest BCUT2D eigenvalue weighted by Crippen LogP contribution is -2.08. The zero-order valence-electron chi connectivity index (χ0n) is 12.7. The molecule has 0 saturated carbocycles. The summed E-state index contributed by atoms with van der Waals surface area (Å²) in [7, 11) is 1.67. The van der Waals surface area contributed by atoms with E-state index in [9.17, 15) is 4.79 Å². The first-order chi connectivity index (χ1) is 10.2. The first kappa shape index (κ1) is 15.2. The maximum absolute atomic E-state index is 10.8. The highest BCUT2D eigenvalue weighted by molar-refractivity contribution is 5.51. The molecule has 4 heteroatoms. The molecule has 21 heavy (non-hydrogen) atoms. The van der Waals surface area contributed by atoms with Crippen molar-refractivity contribution in [2.24, 2.45) is 0 Å². The number of hydrogen-bond donors (Lipinski definition) is 0.